The standard InChI is InChI=1S/C28H33F2N5O3/c1-6-32-21(17-7-9-19(29)10-8-17)14-23(36)35-15(2)11-18(12-16(35)3)28-33-25-20(27(31)34-28)13-22(37-4)26(38-5)24(25)30/h7-11,13,15-16,21,32H,6,12,14H2,1-5H3,(H2,31,33,34). The number of halogens is 2. The first-order chi connectivity index (χ1) is 18.2. The van der Waals surface area contributed by atoms with E-state index in [1.165, 1.54) is 26.4 Å². The lowest BCUT2D eigenvalue weighted by Crippen LogP contribution is -2.47. The van der Waals surface area contributed by atoms with Crippen molar-refractivity contribution in [3.05, 3.63) is 59.4 Å². The van der Waals surface area contributed by atoms with E-state index in [2.05, 4.69) is 15.3 Å². The first-order valence-electron chi connectivity index (χ1n) is 12.6. The molecule has 0 bridgehead atoms. The lowest BCUT2D eigenvalue weighted by molar-refractivity contribution is -0.135. The molecule has 3 N–H and O–H groups in total. The monoisotopic (exact) mass is 525 g/mol. The molecule has 0 spiro atoms. The summed E-state index contributed by atoms with van der Waals surface area (Å²) in [6.45, 7) is 6.51. The Balaban J connectivity index is 1.62. The Bertz CT molecular complexity index is 1360. The molecular weight excluding hydrogens is 492 g/mol. The van der Waals surface area contributed by atoms with Gasteiger partial charge in [-0.2, -0.15) is 0 Å². The maximum absolute atomic E-state index is 15.3. The first-order valence-corrected chi connectivity index (χ1v) is 12.6. The van der Waals surface area contributed by atoms with Crippen LogP contribution in [-0.4, -0.2) is 53.6 Å². The topological polar surface area (TPSA) is 103 Å². The summed E-state index contributed by atoms with van der Waals surface area (Å²) in [6.07, 6.45) is 2.61. The van der Waals surface area contributed by atoms with E-state index in [-0.39, 0.29) is 59.1 Å². The van der Waals surface area contributed by atoms with Crippen LogP contribution in [0, 0.1) is 11.6 Å². The van der Waals surface area contributed by atoms with Gasteiger partial charge >= 0.3 is 0 Å². The Morgan fingerprint density at radius 1 is 1.18 bits per heavy atom. The molecule has 1 aromatic heterocycles. The fraction of sp³-hybridized carbons (Fsp3) is 0.393. The van der Waals surface area contributed by atoms with Gasteiger partial charge in [0.25, 0.3) is 0 Å². The largest absolute Gasteiger partial charge is 0.493 e. The number of rotatable bonds is 8. The minimum Gasteiger partial charge on any atom is -0.493 e. The number of nitrogens with zero attached hydrogens (tertiary/aromatic N) is 3. The van der Waals surface area contributed by atoms with Crippen molar-refractivity contribution in [3.8, 4) is 11.5 Å². The summed E-state index contributed by atoms with van der Waals surface area (Å²) in [5.74, 6) is -0.456. The average molecular weight is 526 g/mol. The fourth-order valence-corrected chi connectivity index (χ4v) is 5.12. The number of amides is 1. The number of nitrogen functional groups attached to an aromatic ring is 1. The maximum atomic E-state index is 15.3. The van der Waals surface area contributed by atoms with Crippen molar-refractivity contribution in [2.24, 2.45) is 0 Å². The van der Waals surface area contributed by atoms with Crippen LogP contribution in [0.1, 0.15) is 51.0 Å². The Labute approximate surface area is 220 Å². The minimum atomic E-state index is -0.679. The number of ether oxygens (including phenoxy) is 2. The number of benzene rings is 2. The van der Waals surface area contributed by atoms with Crippen molar-refractivity contribution in [2.45, 2.75) is 51.7 Å². The molecule has 0 radical (unpaired) electrons. The van der Waals surface area contributed by atoms with E-state index in [1.807, 2.05) is 31.7 Å². The van der Waals surface area contributed by atoms with Crippen LogP contribution in [0.5, 0.6) is 11.5 Å². The highest BCUT2D eigenvalue weighted by Gasteiger charge is 2.32. The van der Waals surface area contributed by atoms with Crippen molar-refractivity contribution in [2.75, 3.05) is 26.5 Å². The summed E-state index contributed by atoms with van der Waals surface area (Å²) in [5, 5.41) is 3.65. The van der Waals surface area contributed by atoms with E-state index >= 15 is 4.39 Å². The van der Waals surface area contributed by atoms with Crippen LogP contribution in [0.15, 0.2) is 36.4 Å². The fourth-order valence-electron chi connectivity index (χ4n) is 5.12. The Hall–Kier alpha value is -3.79. The highest BCUT2D eigenvalue weighted by Crippen LogP contribution is 2.38. The number of methoxy groups -OCH3 is 2. The van der Waals surface area contributed by atoms with Gasteiger partial charge < -0.3 is 25.4 Å². The number of nitrogens with two attached hydrogens (primary N) is 1. The van der Waals surface area contributed by atoms with E-state index in [1.54, 1.807) is 18.2 Å². The lowest BCUT2D eigenvalue weighted by atomic mass is 9.94. The van der Waals surface area contributed by atoms with Crippen LogP contribution in [-0.2, 0) is 4.79 Å². The molecule has 202 valence electrons. The van der Waals surface area contributed by atoms with Crippen LogP contribution < -0.4 is 20.5 Å². The molecule has 10 heteroatoms. The third kappa shape index (κ3) is 5.26. The predicted octanol–water partition coefficient (Wildman–Crippen LogP) is 4.64. The van der Waals surface area contributed by atoms with E-state index in [0.29, 0.717) is 24.2 Å². The Morgan fingerprint density at radius 3 is 2.50 bits per heavy atom. The average Bonchev–Trinajstić information content (AvgIpc) is 2.88. The van der Waals surface area contributed by atoms with Gasteiger partial charge in [0.05, 0.1) is 14.2 Å². The quantitative estimate of drug-likeness (QED) is 0.442. The molecule has 3 aromatic rings. The molecule has 2 aromatic carbocycles. The van der Waals surface area contributed by atoms with Gasteiger partial charge in [0.1, 0.15) is 17.2 Å². The van der Waals surface area contributed by atoms with Gasteiger partial charge in [-0.25, -0.2) is 18.7 Å². The Morgan fingerprint density at radius 2 is 1.89 bits per heavy atom. The SMILES string of the molecule is CCNC(CC(=O)N1C(C)C=C(c2nc(N)c3cc(OC)c(OC)c(F)c3n2)CC1C)c1ccc(F)cc1. The molecule has 1 aliphatic heterocycles. The third-order valence-corrected chi connectivity index (χ3v) is 6.85. The van der Waals surface area contributed by atoms with E-state index < -0.39 is 5.82 Å². The number of nitrogens with one attached hydrogen (secondary N) is 1. The number of hydrogen-bond acceptors (Lipinski definition) is 7. The van der Waals surface area contributed by atoms with Gasteiger partial charge in [0, 0.05) is 29.9 Å². The van der Waals surface area contributed by atoms with E-state index in [0.717, 1.165) is 11.1 Å². The number of fused-ring (bicyclic) bond motifs is 1. The second-order valence-corrected chi connectivity index (χ2v) is 9.41. The zero-order valence-electron chi connectivity index (χ0n) is 22.2. The second kappa shape index (κ2) is 11.3. The van der Waals surface area contributed by atoms with Crippen LogP contribution in [0.4, 0.5) is 14.6 Å². The number of carbonyl (C=O) groups excluding carboxylic acids is 1. The summed E-state index contributed by atoms with van der Waals surface area (Å²) >= 11 is 0. The van der Waals surface area contributed by atoms with Crippen LogP contribution >= 0.6 is 0 Å². The highest BCUT2D eigenvalue weighted by molar-refractivity contribution is 5.92. The van der Waals surface area contributed by atoms with Crippen LogP contribution in [0.25, 0.3) is 16.5 Å². The van der Waals surface area contributed by atoms with Gasteiger partial charge in [-0.15, -0.1) is 0 Å². The predicted molar refractivity (Wildman–Crippen MR) is 143 cm³/mol. The number of aromatic nitrogens is 2. The second-order valence-electron chi connectivity index (χ2n) is 9.41. The van der Waals surface area contributed by atoms with Crippen LogP contribution in [0.2, 0.25) is 0 Å². The molecule has 3 atom stereocenters. The first kappa shape index (κ1) is 27.3. The van der Waals surface area contributed by atoms with Gasteiger partial charge in [-0.3, -0.25) is 4.79 Å². The number of anilines is 1. The maximum Gasteiger partial charge on any atom is 0.225 e. The molecule has 0 saturated carbocycles. The molecule has 0 aliphatic carbocycles. The van der Waals surface area contributed by atoms with E-state index in [4.69, 9.17) is 15.2 Å². The summed E-state index contributed by atoms with van der Waals surface area (Å²) in [5.41, 5.74) is 7.87. The molecule has 4 rings (SSSR count). The van der Waals surface area contributed by atoms with Crippen molar-refractivity contribution >= 4 is 28.2 Å². The van der Waals surface area contributed by atoms with Crippen molar-refractivity contribution in [3.63, 3.8) is 0 Å². The van der Waals surface area contributed by atoms with Gasteiger partial charge in [0.15, 0.2) is 23.1 Å². The zero-order valence-corrected chi connectivity index (χ0v) is 22.2. The lowest BCUT2D eigenvalue weighted by Gasteiger charge is -2.38. The molecule has 38 heavy (non-hydrogen) atoms. The van der Waals surface area contributed by atoms with Gasteiger partial charge in [-0.05, 0) is 56.1 Å². The number of hydrogen-bond donors (Lipinski definition) is 2. The number of carbonyl (C=O) groups is 1. The van der Waals surface area contributed by atoms with Gasteiger partial charge in [-0.1, -0.05) is 25.1 Å². The normalized spacial score (nSPS) is 18.3. The summed E-state index contributed by atoms with van der Waals surface area (Å²) < 4.78 is 39.1. The molecule has 2 heterocycles. The van der Waals surface area contributed by atoms with Crippen molar-refractivity contribution < 1.29 is 23.0 Å². The molecule has 0 saturated heterocycles. The smallest absolute Gasteiger partial charge is 0.225 e. The molecular formula is C28H33F2N5O3. The zero-order chi connectivity index (χ0) is 27.6. The molecule has 8 nitrogen and oxygen atoms in total. The summed E-state index contributed by atoms with van der Waals surface area (Å²) in [6, 6.07) is 7.08. The summed E-state index contributed by atoms with van der Waals surface area (Å²) in [7, 11) is 2.77. The van der Waals surface area contributed by atoms with Crippen molar-refractivity contribution in [1.82, 2.24) is 20.2 Å². The molecule has 1 aliphatic rings. The molecule has 0 fully saturated rings. The highest BCUT2D eigenvalue weighted by atomic mass is 19.1. The van der Waals surface area contributed by atoms with Crippen LogP contribution in [0.3, 0.4) is 0 Å². The Kier molecular flexibility index (Phi) is 8.11. The molecule has 1 amide bonds. The molecule has 3 unspecified atom stereocenters. The van der Waals surface area contributed by atoms with Crippen molar-refractivity contribution in [1.29, 1.82) is 0 Å². The van der Waals surface area contributed by atoms with E-state index in [9.17, 15) is 9.18 Å². The summed E-state index contributed by atoms with van der Waals surface area (Å²) in [4.78, 5) is 24.2. The van der Waals surface area contributed by atoms with Gasteiger partial charge in [0.2, 0.25) is 5.91 Å². The third-order valence-electron chi connectivity index (χ3n) is 6.85. The minimum absolute atomic E-state index is 0.0302.